The molecule has 0 unspecified atom stereocenters. The first-order chi connectivity index (χ1) is 29.8. The topological polar surface area (TPSA) is 264 Å². The summed E-state index contributed by atoms with van der Waals surface area (Å²) in [7, 11) is 0. The van der Waals surface area contributed by atoms with Crippen LogP contribution in [0.5, 0.6) is 0 Å². The van der Waals surface area contributed by atoms with Gasteiger partial charge in [-0.2, -0.15) is 0 Å². The first-order valence-corrected chi connectivity index (χ1v) is 23.7. The smallest absolute Gasteiger partial charge is 0.335 e. The van der Waals surface area contributed by atoms with Gasteiger partial charge in [-0.15, -0.1) is 0 Å². The molecule has 0 amide bonds. The second-order valence-electron chi connectivity index (χ2n) is 21.7. The maximum atomic E-state index is 12.3. The minimum Gasteiger partial charge on any atom is -0.479 e. The molecule has 63 heavy (non-hydrogen) atoms. The highest BCUT2D eigenvalue weighted by atomic mass is 16.8. The first kappa shape index (κ1) is 46.7. The predicted octanol–water partition coefficient (Wildman–Crippen LogP) is 0.970. The molecule has 17 nitrogen and oxygen atoms in total. The Labute approximate surface area is 369 Å². The Hall–Kier alpha value is -1.39. The largest absolute Gasteiger partial charge is 0.479 e. The number of fused-ring (bicyclic) bond motifs is 7. The van der Waals surface area contributed by atoms with Crippen LogP contribution in [0.25, 0.3) is 0 Å². The molecule has 0 aromatic rings. The van der Waals surface area contributed by atoms with Crippen molar-refractivity contribution in [3.8, 4) is 0 Å². The summed E-state index contributed by atoms with van der Waals surface area (Å²) >= 11 is 0. The molecule has 4 heterocycles. The SMILES string of the molecule is C[C@@H]1CC[C@]2(C[C@H]3C[C@H]4[C@@H]5CC=C6C[C@@H](O[C@@H]7O[C@H](C(=O)O)[C@@H](O)[C@H](O)[C@H]7O[C@@H]7O[C@H](CO)[C@H](O)[C@H](O)[C@H]7O[C@@H]7O[C@@H](C)[C@H](O)[C@@H](O)[C@H]7O)CC[C@]6(C)[C@H]5CC[C@]4(C)[C@H]3[C@@H]2C)OC1. The Morgan fingerprint density at radius 1 is 0.762 bits per heavy atom. The molecule has 9 rings (SSSR count). The van der Waals surface area contributed by atoms with Gasteiger partial charge in [-0.3, -0.25) is 0 Å². The maximum Gasteiger partial charge on any atom is 0.335 e. The molecule has 9 aliphatic rings. The lowest BCUT2D eigenvalue weighted by molar-refractivity contribution is -0.392. The number of aliphatic carboxylic acids is 1. The molecule has 0 aromatic heterocycles. The van der Waals surface area contributed by atoms with E-state index in [1.54, 1.807) is 0 Å². The van der Waals surface area contributed by atoms with E-state index in [1.165, 1.54) is 44.6 Å². The van der Waals surface area contributed by atoms with Gasteiger partial charge in [0.25, 0.3) is 0 Å². The molecular formula is C46H72O17. The van der Waals surface area contributed by atoms with Crippen LogP contribution in [0.1, 0.15) is 98.8 Å². The van der Waals surface area contributed by atoms with Gasteiger partial charge in [-0.25, -0.2) is 4.79 Å². The molecule has 4 saturated heterocycles. The monoisotopic (exact) mass is 896 g/mol. The zero-order valence-corrected chi connectivity index (χ0v) is 37.1. The summed E-state index contributed by atoms with van der Waals surface area (Å²) < 4.78 is 42.6. The van der Waals surface area contributed by atoms with Crippen molar-refractivity contribution in [2.24, 2.45) is 52.3 Å². The van der Waals surface area contributed by atoms with Crippen molar-refractivity contribution in [2.75, 3.05) is 13.2 Å². The van der Waals surface area contributed by atoms with Crippen LogP contribution in [0, 0.1) is 52.3 Å². The molecule has 0 aromatic carbocycles. The number of allylic oxidation sites excluding steroid dienone is 1. The van der Waals surface area contributed by atoms with Crippen molar-refractivity contribution in [2.45, 2.75) is 203 Å². The highest BCUT2D eigenvalue weighted by molar-refractivity contribution is 5.73. The van der Waals surface area contributed by atoms with Gasteiger partial charge >= 0.3 is 5.97 Å². The molecule has 26 atom stereocenters. The van der Waals surface area contributed by atoms with E-state index < -0.39 is 111 Å². The van der Waals surface area contributed by atoms with E-state index in [0.29, 0.717) is 54.3 Å². The summed E-state index contributed by atoms with van der Waals surface area (Å²) in [6.45, 7) is 11.3. The Balaban J connectivity index is 0.918. The van der Waals surface area contributed by atoms with E-state index >= 15 is 0 Å². The average molecular weight is 897 g/mol. The molecule has 0 bridgehead atoms. The van der Waals surface area contributed by atoms with Crippen molar-refractivity contribution in [1.29, 1.82) is 0 Å². The van der Waals surface area contributed by atoms with Crippen LogP contribution in [-0.4, -0.2) is 169 Å². The fraction of sp³-hybridized carbons (Fsp3) is 0.935. The number of carboxylic acids is 1. The van der Waals surface area contributed by atoms with Gasteiger partial charge in [-0.1, -0.05) is 39.3 Å². The number of ether oxygens (including phenoxy) is 7. The lowest BCUT2D eigenvalue weighted by Crippen LogP contribution is -2.67. The summed E-state index contributed by atoms with van der Waals surface area (Å²) in [6, 6.07) is 0. The van der Waals surface area contributed by atoms with Gasteiger partial charge in [0.05, 0.1) is 24.4 Å². The second kappa shape index (κ2) is 17.3. The van der Waals surface area contributed by atoms with Gasteiger partial charge in [0.1, 0.15) is 61.0 Å². The molecular weight excluding hydrogens is 824 g/mol. The summed E-state index contributed by atoms with van der Waals surface area (Å²) in [6.07, 6.45) is -13.1. The number of carboxylic acid groups (broad SMARTS) is 1. The molecule has 9 N–H and O–H groups in total. The molecule has 0 radical (unpaired) electrons. The zero-order valence-electron chi connectivity index (χ0n) is 37.1. The third kappa shape index (κ3) is 7.68. The maximum absolute atomic E-state index is 12.3. The number of aliphatic hydroxyl groups is 8. The summed E-state index contributed by atoms with van der Waals surface area (Å²) in [5.41, 5.74) is 1.56. The highest BCUT2D eigenvalue weighted by Gasteiger charge is 2.68. The minimum absolute atomic E-state index is 0.0357. The Kier molecular flexibility index (Phi) is 12.8. The standard InChI is InChI=1S/C46H72O17/c1-19-8-13-46(57-18-19)16-22-14-27-25-7-6-23-15-24(9-11-44(23,4)26(25)10-12-45(27,5)29(22)20(46)2)59-42-39(35(53)34(52)37(61-42)40(55)56)63-43-38(33(51)31(49)28(17-47)60-43)62-41-36(54)32(50)30(48)21(3)58-41/h6,19-22,24-39,41-43,47-54H,7-18H2,1-5H3,(H,55,56)/t19-,20+,21+,22-,24+,25-,26+,27+,28-,29+,30+,31+,32-,33+,34+,35+,36-,37+,38-,39-,41+,42-,43+,44+,45+,46-/m1/s1. The van der Waals surface area contributed by atoms with Crippen LogP contribution in [0.15, 0.2) is 11.6 Å². The number of hydrogen-bond donors (Lipinski definition) is 9. The van der Waals surface area contributed by atoms with Crippen molar-refractivity contribution in [1.82, 2.24) is 0 Å². The third-order valence-electron chi connectivity index (χ3n) is 18.3. The van der Waals surface area contributed by atoms with Crippen LogP contribution >= 0.6 is 0 Å². The van der Waals surface area contributed by atoms with Crippen molar-refractivity contribution in [3.05, 3.63) is 11.6 Å². The van der Waals surface area contributed by atoms with E-state index in [0.717, 1.165) is 25.9 Å². The number of hydrogen-bond acceptors (Lipinski definition) is 16. The van der Waals surface area contributed by atoms with E-state index in [2.05, 4.69) is 33.8 Å². The fourth-order valence-electron chi connectivity index (χ4n) is 14.8. The van der Waals surface area contributed by atoms with Crippen molar-refractivity contribution >= 4 is 5.97 Å². The summed E-state index contributed by atoms with van der Waals surface area (Å²) in [4.78, 5) is 12.3. The van der Waals surface area contributed by atoms with Crippen LogP contribution in [0.3, 0.4) is 0 Å². The van der Waals surface area contributed by atoms with Crippen LogP contribution in [0.2, 0.25) is 0 Å². The third-order valence-corrected chi connectivity index (χ3v) is 18.3. The summed E-state index contributed by atoms with van der Waals surface area (Å²) in [5.74, 6) is 2.77. The molecule has 17 heteroatoms. The van der Waals surface area contributed by atoms with Crippen LogP contribution in [0.4, 0.5) is 0 Å². The van der Waals surface area contributed by atoms with Crippen LogP contribution in [-0.2, 0) is 38.0 Å². The second-order valence-corrected chi connectivity index (χ2v) is 21.7. The predicted molar refractivity (Wildman–Crippen MR) is 218 cm³/mol. The molecule has 5 aliphatic carbocycles. The highest BCUT2D eigenvalue weighted by Crippen LogP contribution is 2.72. The van der Waals surface area contributed by atoms with Gasteiger partial charge in [0.15, 0.2) is 25.0 Å². The van der Waals surface area contributed by atoms with Crippen molar-refractivity contribution in [3.63, 3.8) is 0 Å². The Morgan fingerprint density at radius 2 is 1.46 bits per heavy atom. The van der Waals surface area contributed by atoms with E-state index in [-0.39, 0.29) is 16.4 Å². The van der Waals surface area contributed by atoms with Gasteiger partial charge in [0.2, 0.25) is 0 Å². The van der Waals surface area contributed by atoms with Crippen LogP contribution < -0.4 is 0 Å². The Bertz CT molecular complexity index is 1690. The lowest BCUT2D eigenvalue weighted by Gasteiger charge is -2.59. The van der Waals surface area contributed by atoms with E-state index in [4.69, 9.17) is 33.2 Å². The quantitative estimate of drug-likeness (QED) is 0.154. The molecule has 4 aliphatic heterocycles. The normalized spacial score (nSPS) is 56.8. The first-order valence-electron chi connectivity index (χ1n) is 23.7. The van der Waals surface area contributed by atoms with Gasteiger partial charge < -0.3 is 79.1 Å². The van der Waals surface area contributed by atoms with E-state index in [9.17, 15) is 50.8 Å². The molecule has 8 fully saturated rings. The minimum atomic E-state index is -1.99. The van der Waals surface area contributed by atoms with Crippen molar-refractivity contribution < 1.29 is 83.9 Å². The Morgan fingerprint density at radius 3 is 2.14 bits per heavy atom. The van der Waals surface area contributed by atoms with E-state index in [1.807, 2.05) is 0 Å². The number of aliphatic hydroxyl groups excluding tert-OH is 8. The molecule has 358 valence electrons. The summed E-state index contributed by atoms with van der Waals surface area (Å²) in [5, 5.41) is 95.9. The van der Waals surface area contributed by atoms with Gasteiger partial charge in [0, 0.05) is 6.61 Å². The lowest BCUT2D eigenvalue weighted by atomic mass is 9.46. The zero-order chi connectivity index (χ0) is 45.1. The number of carbonyl (C=O) groups is 1. The molecule has 4 saturated carbocycles. The average Bonchev–Trinajstić information content (AvgIpc) is 3.70. The molecule has 1 spiro atoms. The van der Waals surface area contributed by atoms with Gasteiger partial charge in [-0.05, 0) is 123 Å². The fourth-order valence-corrected chi connectivity index (χ4v) is 14.8. The number of rotatable bonds is 8.